The minimum atomic E-state index is -0.289. The molecule has 94 valence electrons. The summed E-state index contributed by atoms with van der Waals surface area (Å²) in [5, 5.41) is 0. The van der Waals surface area contributed by atoms with Gasteiger partial charge >= 0.3 is 0 Å². The van der Waals surface area contributed by atoms with E-state index >= 15 is 0 Å². The van der Waals surface area contributed by atoms with Crippen LogP contribution in [0.2, 0.25) is 0 Å². The summed E-state index contributed by atoms with van der Waals surface area (Å²) in [4.78, 5) is 4.48. The Morgan fingerprint density at radius 1 is 1.50 bits per heavy atom. The molecule has 2 rings (SSSR count). The molecule has 0 fully saturated rings. The highest BCUT2D eigenvalue weighted by Gasteiger charge is 2.14. The van der Waals surface area contributed by atoms with Crippen molar-refractivity contribution >= 4 is 5.82 Å². The van der Waals surface area contributed by atoms with E-state index in [0.29, 0.717) is 23.6 Å². The van der Waals surface area contributed by atoms with E-state index in [1.807, 2.05) is 11.5 Å². The first-order valence-electron chi connectivity index (χ1n) is 5.89. The molecule has 0 atom stereocenters. The topological polar surface area (TPSA) is 43.8 Å². The number of nitrogens with two attached hydrogens (primary N) is 1. The van der Waals surface area contributed by atoms with Crippen LogP contribution in [0, 0.1) is 5.82 Å². The van der Waals surface area contributed by atoms with Crippen LogP contribution >= 0.6 is 0 Å². The van der Waals surface area contributed by atoms with Crippen LogP contribution < -0.4 is 5.73 Å². The molecular formula is C14H16FN3. The van der Waals surface area contributed by atoms with E-state index < -0.39 is 0 Å². The van der Waals surface area contributed by atoms with Gasteiger partial charge in [0.2, 0.25) is 0 Å². The predicted octanol–water partition coefficient (Wildman–Crippen LogP) is 3.02. The molecule has 0 aliphatic carbocycles. The Labute approximate surface area is 106 Å². The Morgan fingerprint density at radius 2 is 2.28 bits per heavy atom. The fraction of sp³-hybridized carbons (Fsp3) is 0.214. The second-order valence-corrected chi connectivity index (χ2v) is 4.03. The third-order valence-corrected chi connectivity index (χ3v) is 2.81. The molecule has 0 unspecified atom stereocenters. The van der Waals surface area contributed by atoms with Crippen LogP contribution in [0.1, 0.15) is 12.7 Å². The number of hydrogen-bond donors (Lipinski definition) is 1. The Balaban J connectivity index is 2.55. The molecule has 0 saturated carbocycles. The molecule has 0 aliphatic heterocycles. The molecule has 1 heterocycles. The summed E-state index contributed by atoms with van der Waals surface area (Å²) < 4.78 is 15.1. The molecule has 2 N–H and O–H groups in total. The van der Waals surface area contributed by atoms with Gasteiger partial charge in [-0.25, -0.2) is 9.37 Å². The van der Waals surface area contributed by atoms with Crippen LogP contribution in [0.4, 0.5) is 10.2 Å². The van der Waals surface area contributed by atoms with Gasteiger partial charge in [-0.3, -0.25) is 0 Å². The van der Waals surface area contributed by atoms with Crippen LogP contribution in [0.15, 0.2) is 36.9 Å². The van der Waals surface area contributed by atoms with Crippen molar-refractivity contribution in [2.45, 2.75) is 19.9 Å². The molecule has 1 aromatic carbocycles. The fourth-order valence-corrected chi connectivity index (χ4v) is 1.96. The zero-order valence-electron chi connectivity index (χ0n) is 10.4. The number of imidazole rings is 1. The first-order valence-corrected chi connectivity index (χ1v) is 5.89. The second-order valence-electron chi connectivity index (χ2n) is 4.03. The number of rotatable bonds is 4. The normalized spacial score (nSPS) is 10.6. The summed E-state index contributed by atoms with van der Waals surface area (Å²) in [7, 11) is 0. The van der Waals surface area contributed by atoms with Crippen molar-refractivity contribution < 1.29 is 4.39 Å². The number of nitrogen functional groups attached to an aromatic ring is 1. The van der Waals surface area contributed by atoms with Crippen LogP contribution in [0.3, 0.4) is 0 Å². The molecule has 1 aromatic heterocycles. The second kappa shape index (κ2) is 5.04. The summed E-state index contributed by atoms with van der Waals surface area (Å²) in [6.45, 7) is 6.32. The van der Waals surface area contributed by atoms with Crippen molar-refractivity contribution in [3.05, 3.63) is 48.6 Å². The zero-order chi connectivity index (χ0) is 13.1. The monoisotopic (exact) mass is 245 g/mol. The summed E-state index contributed by atoms with van der Waals surface area (Å²) in [6, 6.07) is 6.30. The maximum Gasteiger partial charge on any atom is 0.132 e. The first-order chi connectivity index (χ1) is 8.67. The van der Waals surface area contributed by atoms with E-state index in [2.05, 4.69) is 11.6 Å². The Kier molecular flexibility index (Phi) is 3.46. The predicted molar refractivity (Wildman–Crippen MR) is 71.6 cm³/mol. The molecule has 18 heavy (non-hydrogen) atoms. The number of anilines is 1. The number of nitrogens with zero attached hydrogens (tertiary/aromatic N) is 2. The smallest absolute Gasteiger partial charge is 0.132 e. The van der Waals surface area contributed by atoms with Gasteiger partial charge < -0.3 is 10.3 Å². The van der Waals surface area contributed by atoms with Crippen LogP contribution in [0.25, 0.3) is 11.3 Å². The number of hydrogen-bond acceptors (Lipinski definition) is 2. The van der Waals surface area contributed by atoms with Crippen molar-refractivity contribution in [2.75, 3.05) is 5.73 Å². The van der Waals surface area contributed by atoms with Gasteiger partial charge in [-0.15, -0.1) is 6.58 Å². The molecular weight excluding hydrogens is 229 g/mol. The van der Waals surface area contributed by atoms with Gasteiger partial charge in [0.15, 0.2) is 0 Å². The Bertz CT molecular complexity index is 572. The highest BCUT2D eigenvalue weighted by Crippen LogP contribution is 2.27. The minimum absolute atomic E-state index is 0.289. The summed E-state index contributed by atoms with van der Waals surface area (Å²) in [6.07, 6.45) is 2.54. The number of aryl methyl sites for hydroxylation is 1. The summed E-state index contributed by atoms with van der Waals surface area (Å²) in [5.41, 5.74) is 7.41. The van der Waals surface area contributed by atoms with Crippen molar-refractivity contribution in [3.63, 3.8) is 0 Å². The molecule has 0 saturated heterocycles. The first kappa shape index (κ1) is 12.4. The highest BCUT2D eigenvalue weighted by atomic mass is 19.1. The van der Waals surface area contributed by atoms with Crippen LogP contribution in [-0.4, -0.2) is 9.55 Å². The fourth-order valence-electron chi connectivity index (χ4n) is 1.96. The van der Waals surface area contributed by atoms with Crippen molar-refractivity contribution in [2.24, 2.45) is 0 Å². The zero-order valence-corrected chi connectivity index (χ0v) is 10.4. The number of allylic oxidation sites excluding steroid dienone is 1. The third-order valence-electron chi connectivity index (χ3n) is 2.81. The van der Waals surface area contributed by atoms with Crippen LogP contribution in [-0.2, 0) is 13.0 Å². The highest BCUT2D eigenvalue weighted by molar-refractivity contribution is 5.71. The average molecular weight is 245 g/mol. The lowest BCUT2D eigenvalue weighted by Crippen LogP contribution is -2.05. The van der Waals surface area contributed by atoms with Crippen molar-refractivity contribution in [3.8, 4) is 11.3 Å². The number of benzene rings is 1. The number of aromatic nitrogens is 2. The van der Waals surface area contributed by atoms with Gasteiger partial charge in [-0.1, -0.05) is 25.1 Å². The van der Waals surface area contributed by atoms with Crippen molar-refractivity contribution in [1.29, 1.82) is 0 Å². The maximum atomic E-state index is 13.2. The van der Waals surface area contributed by atoms with Gasteiger partial charge in [-0.05, 0) is 12.1 Å². The molecule has 3 nitrogen and oxygen atoms in total. The maximum absolute atomic E-state index is 13.2. The molecule has 0 bridgehead atoms. The van der Waals surface area contributed by atoms with Crippen molar-refractivity contribution in [1.82, 2.24) is 9.55 Å². The molecule has 0 radical (unpaired) electrons. The molecule has 0 spiro atoms. The third kappa shape index (κ3) is 2.14. The number of halogens is 1. The van der Waals surface area contributed by atoms with E-state index in [-0.39, 0.29) is 5.82 Å². The lowest BCUT2D eigenvalue weighted by Gasteiger charge is -2.05. The van der Waals surface area contributed by atoms with E-state index in [9.17, 15) is 4.39 Å². The standard InChI is InChI=1S/C14H16FN3/c1-3-8-18-12(4-2)17-13(14(18)16)10-6-5-7-11(15)9-10/h3,5-7,9H,1,4,8,16H2,2H3. The lowest BCUT2D eigenvalue weighted by molar-refractivity contribution is 0.628. The van der Waals surface area contributed by atoms with E-state index in [0.717, 1.165) is 12.2 Å². The van der Waals surface area contributed by atoms with Gasteiger partial charge in [0, 0.05) is 18.5 Å². The Hall–Kier alpha value is -2.10. The lowest BCUT2D eigenvalue weighted by atomic mass is 10.1. The summed E-state index contributed by atoms with van der Waals surface area (Å²) in [5.74, 6) is 1.15. The minimum Gasteiger partial charge on any atom is -0.383 e. The molecule has 2 aromatic rings. The van der Waals surface area contributed by atoms with Crippen LogP contribution in [0.5, 0.6) is 0 Å². The Morgan fingerprint density at radius 3 is 2.89 bits per heavy atom. The van der Waals surface area contributed by atoms with E-state index in [4.69, 9.17) is 5.73 Å². The molecule has 0 aliphatic rings. The average Bonchev–Trinajstić information content (AvgIpc) is 2.67. The van der Waals surface area contributed by atoms with Gasteiger partial charge in [-0.2, -0.15) is 0 Å². The summed E-state index contributed by atoms with van der Waals surface area (Å²) >= 11 is 0. The van der Waals surface area contributed by atoms with E-state index in [1.165, 1.54) is 12.1 Å². The molecule has 0 amide bonds. The van der Waals surface area contributed by atoms with Gasteiger partial charge in [0.05, 0.1) is 0 Å². The SMILES string of the molecule is C=CCn1c(CC)nc(-c2cccc(F)c2)c1N. The van der Waals surface area contributed by atoms with Gasteiger partial charge in [0.1, 0.15) is 23.2 Å². The largest absolute Gasteiger partial charge is 0.383 e. The quantitative estimate of drug-likeness (QED) is 0.841. The van der Waals surface area contributed by atoms with Gasteiger partial charge in [0.25, 0.3) is 0 Å². The molecule has 4 heteroatoms. The van der Waals surface area contributed by atoms with E-state index in [1.54, 1.807) is 18.2 Å².